The largest absolute Gasteiger partial charge is 0.457 e. The van der Waals surface area contributed by atoms with Crippen LogP contribution in [0, 0.1) is 0 Å². The number of nitrogens with zero attached hydrogens (tertiary/aromatic N) is 1. The zero-order valence-corrected chi connectivity index (χ0v) is 19.4. The van der Waals surface area contributed by atoms with Crippen molar-refractivity contribution in [1.29, 1.82) is 0 Å². The Balaban J connectivity index is 1.91. The Morgan fingerprint density at radius 1 is 1.15 bits per heavy atom. The molecule has 9 nitrogen and oxygen atoms in total. The number of carbonyl (C=O) groups is 1. The van der Waals surface area contributed by atoms with Crippen molar-refractivity contribution in [1.82, 2.24) is 14.9 Å². The van der Waals surface area contributed by atoms with E-state index in [1.54, 1.807) is 37.5 Å². The summed E-state index contributed by atoms with van der Waals surface area (Å²) in [7, 11) is 1.63. The van der Waals surface area contributed by atoms with Gasteiger partial charge in [-0.1, -0.05) is 18.2 Å². The number of ether oxygens (including phenoxy) is 1. The minimum Gasteiger partial charge on any atom is -0.457 e. The van der Waals surface area contributed by atoms with Crippen molar-refractivity contribution in [3.63, 3.8) is 0 Å². The van der Waals surface area contributed by atoms with Crippen LogP contribution in [-0.4, -0.2) is 36.6 Å². The summed E-state index contributed by atoms with van der Waals surface area (Å²) in [5, 5.41) is 6.20. The van der Waals surface area contributed by atoms with E-state index in [1.807, 2.05) is 37.3 Å². The van der Waals surface area contributed by atoms with Gasteiger partial charge in [0.2, 0.25) is 0 Å². The number of nitrogens with one attached hydrogen (secondary N) is 3. The molecular formula is C24H24N4O5S. The number of fused-ring (bicyclic) bond motifs is 1. The fourth-order valence-corrected chi connectivity index (χ4v) is 3.92. The van der Waals surface area contributed by atoms with Gasteiger partial charge in [0, 0.05) is 42.0 Å². The zero-order chi connectivity index (χ0) is 24.2. The number of amides is 1. The van der Waals surface area contributed by atoms with E-state index in [4.69, 9.17) is 9.29 Å². The maximum atomic E-state index is 12.8. The Hall–Kier alpha value is -3.89. The van der Waals surface area contributed by atoms with Crippen molar-refractivity contribution in [2.45, 2.75) is 6.92 Å². The monoisotopic (exact) mass is 480 g/mol. The highest BCUT2D eigenvalue weighted by atomic mass is 32.2. The summed E-state index contributed by atoms with van der Waals surface area (Å²) in [6.07, 6.45) is 1.68. The first-order chi connectivity index (χ1) is 16.4. The smallest absolute Gasteiger partial charge is 0.274 e. The van der Waals surface area contributed by atoms with Gasteiger partial charge in [0.25, 0.3) is 11.5 Å². The van der Waals surface area contributed by atoms with Gasteiger partial charge in [0.15, 0.2) is 11.1 Å². The molecule has 0 saturated heterocycles. The zero-order valence-electron chi connectivity index (χ0n) is 18.6. The third-order valence-electron chi connectivity index (χ3n) is 5.19. The van der Waals surface area contributed by atoms with E-state index in [0.717, 1.165) is 0 Å². The topological polar surface area (TPSA) is 125 Å². The highest BCUT2D eigenvalue weighted by Crippen LogP contribution is 2.38. The molecule has 0 aliphatic heterocycles. The first kappa shape index (κ1) is 23.3. The molecule has 0 aliphatic rings. The van der Waals surface area contributed by atoms with Crippen molar-refractivity contribution in [3.05, 3.63) is 76.8 Å². The highest BCUT2D eigenvalue weighted by Gasteiger charge is 2.19. The lowest BCUT2D eigenvalue weighted by Gasteiger charge is -2.15. The van der Waals surface area contributed by atoms with Gasteiger partial charge in [0.05, 0.1) is 0 Å². The molecule has 0 saturated carbocycles. The lowest BCUT2D eigenvalue weighted by molar-refractivity contribution is 0.0951. The van der Waals surface area contributed by atoms with Crippen LogP contribution in [0.2, 0.25) is 0 Å². The van der Waals surface area contributed by atoms with Crippen LogP contribution in [0.25, 0.3) is 22.0 Å². The van der Waals surface area contributed by atoms with Crippen molar-refractivity contribution in [2.75, 3.05) is 17.7 Å². The Morgan fingerprint density at radius 2 is 1.91 bits per heavy atom. The van der Waals surface area contributed by atoms with Crippen LogP contribution < -0.4 is 20.9 Å². The third-order valence-corrected chi connectivity index (χ3v) is 5.58. The molecule has 4 aromatic rings. The van der Waals surface area contributed by atoms with Crippen molar-refractivity contribution in [3.8, 4) is 22.6 Å². The first-order valence-corrected chi connectivity index (χ1v) is 11.8. The molecule has 2 heterocycles. The first-order valence-electron chi connectivity index (χ1n) is 10.6. The number of pyridine rings is 1. The number of aromatic nitrogens is 2. The number of H-pyrrole nitrogens is 1. The van der Waals surface area contributed by atoms with Crippen LogP contribution in [0.1, 0.15) is 17.4 Å². The molecular weight excluding hydrogens is 456 g/mol. The van der Waals surface area contributed by atoms with E-state index in [0.29, 0.717) is 45.8 Å². The molecule has 1 atom stereocenters. The molecule has 34 heavy (non-hydrogen) atoms. The third kappa shape index (κ3) is 4.87. The number of carbonyl (C=O) groups excluding carboxylic acids is 1. The number of para-hydroxylation sites is 1. The number of anilines is 1. The minimum absolute atomic E-state index is 0.146. The number of hydrogen-bond donors (Lipinski definition) is 4. The average molecular weight is 481 g/mol. The van der Waals surface area contributed by atoms with Crippen LogP contribution >= 0.6 is 0 Å². The molecule has 4 rings (SSSR count). The lowest BCUT2D eigenvalue weighted by atomic mass is 10.0. The van der Waals surface area contributed by atoms with Gasteiger partial charge < -0.3 is 29.5 Å². The summed E-state index contributed by atoms with van der Waals surface area (Å²) in [5.41, 5.74) is 2.19. The molecule has 2 aromatic heterocycles. The van der Waals surface area contributed by atoms with Gasteiger partial charge in [-0.2, -0.15) is 0 Å². The second-order valence-electron chi connectivity index (χ2n) is 7.56. The van der Waals surface area contributed by atoms with E-state index in [-0.39, 0.29) is 23.0 Å². The Morgan fingerprint density at radius 3 is 2.62 bits per heavy atom. The number of hydrogen-bond acceptors (Lipinski definition) is 5. The molecule has 0 fully saturated rings. The molecule has 1 amide bonds. The predicted octanol–water partition coefficient (Wildman–Crippen LogP) is 3.67. The molecule has 1 unspecified atom stereocenters. The highest BCUT2D eigenvalue weighted by molar-refractivity contribution is 7.79. The van der Waals surface area contributed by atoms with Gasteiger partial charge in [-0.05, 0) is 43.3 Å². The van der Waals surface area contributed by atoms with Gasteiger partial charge in [-0.15, -0.1) is 0 Å². The molecule has 0 aliphatic carbocycles. The van der Waals surface area contributed by atoms with Crippen LogP contribution in [-0.2, 0) is 18.1 Å². The number of benzene rings is 2. The standard InChI is InChI=1S/C24H24N4O5S/c1-3-25-23(29)20-12-18-19(13-28(2)24(30)22(18)27-20)17-11-15(26-14-34(31)32)9-10-21(17)33-16-7-5-4-6-8-16/h4-13,26-27H,3,14H2,1-2H3,(H,25,29)(H,31,32). The normalized spacial score (nSPS) is 11.9. The summed E-state index contributed by atoms with van der Waals surface area (Å²) in [6.45, 7) is 2.27. The summed E-state index contributed by atoms with van der Waals surface area (Å²) < 4.78 is 27.9. The van der Waals surface area contributed by atoms with Gasteiger partial charge in [0.1, 0.15) is 28.6 Å². The van der Waals surface area contributed by atoms with Gasteiger partial charge >= 0.3 is 0 Å². The molecule has 2 aromatic carbocycles. The fraction of sp³-hybridized carbons (Fsp3) is 0.167. The summed E-state index contributed by atoms with van der Waals surface area (Å²) in [5.74, 6) is 0.682. The van der Waals surface area contributed by atoms with E-state index in [1.165, 1.54) is 4.57 Å². The number of rotatable bonds is 8. The maximum Gasteiger partial charge on any atom is 0.274 e. The molecule has 4 N–H and O–H groups in total. The van der Waals surface area contributed by atoms with Crippen LogP contribution in [0.3, 0.4) is 0 Å². The van der Waals surface area contributed by atoms with Crippen LogP contribution in [0.15, 0.2) is 65.6 Å². The molecule has 0 radical (unpaired) electrons. The van der Waals surface area contributed by atoms with E-state index >= 15 is 0 Å². The summed E-state index contributed by atoms with van der Waals surface area (Å²) in [4.78, 5) is 28.2. The van der Waals surface area contributed by atoms with E-state index < -0.39 is 11.1 Å². The van der Waals surface area contributed by atoms with Crippen molar-refractivity contribution >= 4 is 33.6 Å². The maximum absolute atomic E-state index is 12.8. The van der Waals surface area contributed by atoms with Crippen molar-refractivity contribution in [2.24, 2.45) is 7.05 Å². The number of aryl methyl sites for hydroxylation is 1. The van der Waals surface area contributed by atoms with E-state index in [2.05, 4.69) is 15.6 Å². The summed E-state index contributed by atoms with van der Waals surface area (Å²) >= 11 is -2.02. The number of aromatic amines is 1. The lowest BCUT2D eigenvalue weighted by Crippen LogP contribution is -2.23. The van der Waals surface area contributed by atoms with Crippen molar-refractivity contribution < 1.29 is 18.3 Å². The molecule has 10 heteroatoms. The average Bonchev–Trinajstić information content (AvgIpc) is 3.28. The Labute approximate surface area is 198 Å². The molecule has 0 spiro atoms. The Kier molecular flexibility index (Phi) is 6.80. The second kappa shape index (κ2) is 9.94. The van der Waals surface area contributed by atoms with E-state index in [9.17, 15) is 13.8 Å². The van der Waals surface area contributed by atoms with Crippen LogP contribution in [0.4, 0.5) is 5.69 Å². The van der Waals surface area contributed by atoms with Crippen LogP contribution in [0.5, 0.6) is 11.5 Å². The Bertz CT molecular complexity index is 1430. The fourth-order valence-electron chi connectivity index (χ4n) is 3.63. The SMILES string of the molecule is CCNC(=O)c1cc2c(-c3cc(NCS(=O)O)ccc3Oc3ccccc3)cn(C)c(=O)c2[nH]1. The van der Waals surface area contributed by atoms with Gasteiger partial charge in [-0.3, -0.25) is 9.59 Å². The minimum atomic E-state index is -2.02. The summed E-state index contributed by atoms with van der Waals surface area (Å²) in [6, 6.07) is 16.2. The molecule has 176 valence electrons. The predicted molar refractivity (Wildman–Crippen MR) is 133 cm³/mol. The van der Waals surface area contributed by atoms with Gasteiger partial charge in [-0.25, -0.2) is 4.21 Å². The quantitative estimate of drug-likeness (QED) is 0.285. The molecule has 0 bridgehead atoms. The second-order valence-corrected chi connectivity index (χ2v) is 8.49.